The highest BCUT2D eigenvalue weighted by molar-refractivity contribution is 9.10. The van der Waals surface area contributed by atoms with Crippen LogP contribution in [0.15, 0.2) is 22.7 Å². The molecular weight excluding hydrogens is 292 g/mol. The molecule has 0 bridgehead atoms. The van der Waals surface area contributed by atoms with Crippen molar-refractivity contribution >= 4 is 15.9 Å². The third kappa shape index (κ3) is 4.01. The quantitative estimate of drug-likeness (QED) is 0.820. The lowest BCUT2D eigenvalue weighted by Gasteiger charge is -2.27. The largest absolute Gasteiger partial charge is 0.496 e. The van der Waals surface area contributed by atoms with E-state index in [0.29, 0.717) is 6.42 Å². The second-order valence-electron chi connectivity index (χ2n) is 4.81. The highest BCUT2D eigenvalue weighted by Crippen LogP contribution is 2.33. The molecule has 1 aromatic carbocycles. The van der Waals surface area contributed by atoms with Crippen LogP contribution in [0.2, 0.25) is 0 Å². The molecule has 0 aliphatic carbocycles. The average Bonchev–Trinajstić information content (AvgIpc) is 2.35. The predicted molar refractivity (Wildman–Crippen MR) is 76.8 cm³/mol. The Labute approximate surface area is 117 Å². The Hall–Kier alpha value is -1.05. The van der Waals surface area contributed by atoms with Crippen LogP contribution < -0.4 is 10.1 Å². The molecule has 3 nitrogen and oxygen atoms in total. The van der Waals surface area contributed by atoms with E-state index < -0.39 is 0 Å². The minimum absolute atomic E-state index is 0.0510. The molecule has 0 radical (unpaired) electrons. The van der Waals surface area contributed by atoms with Gasteiger partial charge in [0.15, 0.2) is 0 Å². The number of ether oxygens (including phenoxy) is 1. The molecule has 0 spiro atoms. The van der Waals surface area contributed by atoms with E-state index in [1.165, 1.54) is 0 Å². The number of benzene rings is 1. The minimum atomic E-state index is -0.0510. The summed E-state index contributed by atoms with van der Waals surface area (Å²) in [5.41, 5.74) is 1.11. The van der Waals surface area contributed by atoms with Crippen molar-refractivity contribution in [3.63, 3.8) is 0 Å². The molecule has 4 heteroatoms. The summed E-state index contributed by atoms with van der Waals surface area (Å²) in [5, 5.41) is 11.8. The molecule has 0 saturated heterocycles. The number of nitrogens with zero attached hydrogens (tertiary/aromatic N) is 1. The highest BCUT2D eigenvalue weighted by atomic mass is 79.9. The lowest BCUT2D eigenvalue weighted by atomic mass is 9.84. The fourth-order valence-corrected chi connectivity index (χ4v) is 2.21. The van der Waals surface area contributed by atoms with Gasteiger partial charge in [-0.25, -0.2) is 0 Å². The van der Waals surface area contributed by atoms with Gasteiger partial charge >= 0.3 is 0 Å². The maximum absolute atomic E-state index is 8.52. The number of methoxy groups -OCH3 is 1. The van der Waals surface area contributed by atoms with Crippen LogP contribution >= 0.6 is 15.9 Å². The summed E-state index contributed by atoms with van der Waals surface area (Å²) >= 11 is 3.49. The van der Waals surface area contributed by atoms with Crippen LogP contribution in [-0.4, -0.2) is 20.2 Å². The smallest absolute Gasteiger partial charge is 0.122 e. The van der Waals surface area contributed by atoms with Crippen LogP contribution in [0.25, 0.3) is 0 Å². The van der Waals surface area contributed by atoms with Crippen molar-refractivity contribution in [3.05, 3.63) is 28.2 Å². The van der Waals surface area contributed by atoms with Gasteiger partial charge in [0, 0.05) is 35.0 Å². The van der Waals surface area contributed by atoms with Gasteiger partial charge in [0.05, 0.1) is 13.2 Å². The average molecular weight is 311 g/mol. The first kappa shape index (κ1) is 15.0. The Morgan fingerprint density at radius 1 is 1.44 bits per heavy atom. The van der Waals surface area contributed by atoms with Crippen LogP contribution in [0.4, 0.5) is 0 Å². The molecule has 0 aliphatic rings. The Balaban J connectivity index is 2.83. The fraction of sp³-hybridized carbons (Fsp3) is 0.500. The number of rotatable bonds is 6. The van der Waals surface area contributed by atoms with E-state index in [-0.39, 0.29) is 5.41 Å². The van der Waals surface area contributed by atoms with Crippen LogP contribution in [0.5, 0.6) is 5.75 Å². The summed E-state index contributed by atoms with van der Waals surface area (Å²) in [6.07, 6.45) is 0.533. The van der Waals surface area contributed by atoms with E-state index in [1.807, 2.05) is 12.1 Å². The molecule has 18 heavy (non-hydrogen) atoms. The normalized spacial score (nSPS) is 11.1. The first-order chi connectivity index (χ1) is 8.51. The summed E-state index contributed by atoms with van der Waals surface area (Å²) in [7, 11) is 1.69. The van der Waals surface area contributed by atoms with Gasteiger partial charge in [-0.3, -0.25) is 0 Å². The van der Waals surface area contributed by atoms with Crippen molar-refractivity contribution < 1.29 is 4.74 Å². The van der Waals surface area contributed by atoms with Gasteiger partial charge in [-0.1, -0.05) is 29.8 Å². The highest BCUT2D eigenvalue weighted by Gasteiger charge is 2.24. The van der Waals surface area contributed by atoms with Gasteiger partial charge in [-0.2, -0.15) is 5.26 Å². The SMILES string of the molecule is COc1ccc(Br)cc1C(C)(C)CNCCC#N. The Bertz CT molecular complexity index is 438. The summed E-state index contributed by atoms with van der Waals surface area (Å²) in [5.74, 6) is 0.894. The van der Waals surface area contributed by atoms with E-state index in [2.05, 4.69) is 47.2 Å². The van der Waals surface area contributed by atoms with E-state index in [1.54, 1.807) is 7.11 Å². The molecular formula is C14H19BrN2O. The minimum Gasteiger partial charge on any atom is -0.496 e. The molecule has 0 heterocycles. The topological polar surface area (TPSA) is 45.0 Å². The van der Waals surface area contributed by atoms with Crippen LogP contribution in [0.3, 0.4) is 0 Å². The van der Waals surface area contributed by atoms with Crippen molar-refractivity contribution in [1.29, 1.82) is 5.26 Å². The zero-order chi connectivity index (χ0) is 13.6. The molecule has 0 saturated carbocycles. The first-order valence-electron chi connectivity index (χ1n) is 5.93. The standard InChI is InChI=1S/C14H19BrN2O/c1-14(2,10-17-8-4-7-16)12-9-11(15)5-6-13(12)18-3/h5-6,9,17H,4,8,10H2,1-3H3. The molecule has 1 rings (SSSR count). The number of nitriles is 1. The molecule has 0 aromatic heterocycles. The third-order valence-corrected chi connectivity index (χ3v) is 3.36. The lowest BCUT2D eigenvalue weighted by molar-refractivity contribution is 0.386. The van der Waals surface area contributed by atoms with Crippen molar-refractivity contribution in [2.24, 2.45) is 0 Å². The number of halogens is 1. The molecule has 0 amide bonds. The number of hydrogen-bond donors (Lipinski definition) is 1. The van der Waals surface area contributed by atoms with E-state index in [0.717, 1.165) is 28.9 Å². The van der Waals surface area contributed by atoms with Crippen LogP contribution in [-0.2, 0) is 5.41 Å². The second kappa shape index (κ2) is 6.77. The molecule has 0 aliphatic heterocycles. The maximum atomic E-state index is 8.52. The van der Waals surface area contributed by atoms with Gasteiger partial charge < -0.3 is 10.1 Å². The summed E-state index contributed by atoms with van der Waals surface area (Å²) in [4.78, 5) is 0. The van der Waals surface area contributed by atoms with Crippen LogP contribution in [0, 0.1) is 11.3 Å². The first-order valence-corrected chi connectivity index (χ1v) is 6.72. The van der Waals surface area contributed by atoms with Gasteiger partial charge in [0.2, 0.25) is 0 Å². The fourth-order valence-electron chi connectivity index (χ4n) is 1.85. The van der Waals surface area contributed by atoms with Crippen molar-refractivity contribution in [2.75, 3.05) is 20.2 Å². The summed E-state index contributed by atoms with van der Waals surface area (Å²) in [6.45, 7) is 5.85. The van der Waals surface area contributed by atoms with Gasteiger partial charge in [0.1, 0.15) is 5.75 Å². The maximum Gasteiger partial charge on any atom is 0.122 e. The van der Waals surface area contributed by atoms with Crippen LogP contribution in [0.1, 0.15) is 25.8 Å². The molecule has 0 atom stereocenters. The van der Waals surface area contributed by atoms with E-state index >= 15 is 0 Å². The Morgan fingerprint density at radius 2 is 2.17 bits per heavy atom. The zero-order valence-corrected chi connectivity index (χ0v) is 12.7. The molecule has 0 fully saturated rings. The number of hydrogen-bond acceptors (Lipinski definition) is 3. The molecule has 1 aromatic rings. The lowest BCUT2D eigenvalue weighted by Crippen LogP contribution is -2.33. The van der Waals surface area contributed by atoms with Crippen molar-refractivity contribution in [1.82, 2.24) is 5.32 Å². The van der Waals surface area contributed by atoms with Crippen molar-refractivity contribution in [2.45, 2.75) is 25.7 Å². The Morgan fingerprint density at radius 3 is 2.78 bits per heavy atom. The molecule has 0 unspecified atom stereocenters. The second-order valence-corrected chi connectivity index (χ2v) is 5.73. The predicted octanol–water partition coefficient (Wildman–Crippen LogP) is 3.24. The van der Waals surface area contributed by atoms with Gasteiger partial charge in [0.25, 0.3) is 0 Å². The zero-order valence-electron chi connectivity index (χ0n) is 11.1. The van der Waals surface area contributed by atoms with Gasteiger partial charge in [-0.15, -0.1) is 0 Å². The number of nitrogens with one attached hydrogen (secondary N) is 1. The Kier molecular flexibility index (Phi) is 5.64. The monoisotopic (exact) mass is 310 g/mol. The summed E-state index contributed by atoms with van der Waals surface area (Å²) in [6, 6.07) is 8.16. The third-order valence-electron chi connectivity index (χ3n) is 2.87. The molecule has 1 N–H and O–H groups in total. The van der Waals surface area contributed by atoms with Gasteiger partial charge in [-0.05, 0) is 18.2 Å². The summed E-state index contributed by atoms with van der Waals surface area (Å²) < 4.78 is 6.46. The van der Waals surface area contributed by atoms with Crippen molar-refractivity contribution in [3.8, 4) is 11.8 Å². The van der Waals surface area contributed by atoms with E-state index in [4.69, 9.17) is 10.00 Å². The molecule has 98 valence electrons. The van der Waals surface area contributed by atoms with E-state index in [9.17, 15) is 0 Å².